The second kappa shape index (κ2) is 3.58. The maximum Gasteiger partial charge on any atom is 0.0151 e. The Kier molecular flexibility index (Phi) is 2.71. The van der Waals surface area contributed by atoms with Crippen LogP contribution in [0.5, 0.6) is 0 Å². The van der Waals surface area contributed by atoms with E-state index < -0.39 is 0 Å². The third-order valence-corrected chi connectivity index (χ3v) is 2.06. The van der Waals surface area contributed by atoms with Gasteiger partial charge in [-0.25, -0.2) is 0 Å². The van der Waals surface area contributed by atoms with E-state index in [-0.39, 0.29) is 0 Å². The number of aromatic nitrogens is 1. The van der Waals surface area contributed by atoms with E-state index in [2.05, 4.69) is 30.3 Å². The normalized spacial score (nSPS) is 10.5. The van der Waals surface area contributed by atoms with E-state index in [1.54, 1.807) is 0 Å². The summed E-state index contributed by atoms with van der Waals surface area (Å²) in [7, 11) is 1.98. The number of H-pyrrole nitrogens is 1. The summed E-state index contributed by atoms with van der Waals surface area (Å²) in [5.41, 5.74) is 4.13. The summed E-state index contributed by atoms with van der Waals surface area (Å²) in [6, 6.07) is 0. The molecule has 1 heterocycles. The van der Waals surface area contributed by atoms with Crippen molar-refractivity contribution in [3.05, 3.63) is 23.0 Å². The largest absolute Gasteiger partial charge is 0.365 e. The third kappa shape index (κ3) is 1.84. The number of hydrogen-bond acceptors (Lipinski definition) is 1. The molecule has 0 radical (unpaired) electrons. The monoisotopic (exact) mass is 152 g/mol. The van der Waals surface area contributed by atoms with Gasteiger partial charge >= 0.3 is 0 Å². The molecular formula is C9H16N2. The quantitative estimate of drug-likeness (QED) is 0.673. The highest BCUT2D eigenvalue weighted by Crippen LogP contribution is 2.11. The average molecular weight is 152 g/mol. The summed E-state index contributed by atoms with van der Waals surface area (Å²) in [6.45, 7) is 5.33. The SMILES string of the molecule is CNCCc1c(C)c[nH]c1C. The van der Waals surface area contributed by atoms with Crippen molar-refractivity contribution >= 4 is 0 Å². The zero-order chi connectivity index (χ0) is 8.27. The summed E-state index contributed by atoms with van der Waals surface area (Å²) in [6.07, 6.45) is 3.19. The van der Waals surface area contributed by atoms with Crippen molar-refractivity contribution in [2.75, 3.05) is 13.6 Å². The van der Waals surface area contributed by atoms with Crippen molar-refractivity contribution in [2.45, 2.75) is 20.3 Å². The lowest BCUT2D eigenvalue weighted by Crippen LogP contribution is -2.10. The molecule has 11 heavy (non-hydrogen) atoms. The molecule has 0 saturated carbocycles. The molecule has 1 aromatic heterocycles. The van der Waals surface area contributed by atoms with Crippen molar-refractivity contribution in [1.82, 2.24) is 10.3 Å². The number of nitrogens with one attached hydrogen (secondary N) is 2. The molecule has 0 aliphatic rings. The zero-order valence-electron chi connectivity index (χ0n) is 7.49. The Labute approximate surface area is 68.0 Å². The van der Waals surface area contributed by atoms with Crippen molar-refractivity contribution in [3.8, 4) is 0 Å². The Hall–Kier alpha value is -0.760. The number of rotatable bonds is 3. The van der Waals surface area contributed by atoms with Gasteiger partial charge in [-0.2, -0.15) is 0 Å². The minimum absolute atomic E-state index is 1.06. The Balaban J connectivity index is 2.67. The van der Waals surface area contributed by atoms with Crippen LogP contribution in [0.3, 0.4) is 0 Å². The number of likely N-dealkylation sites (N-methyl/N-ethyl adjacent to an activating group) is 1. The second-order valence-corrected chi connectivity index (χ2v) is 2.93. The molecule has 0 atom stereocenters. The van der Waals surface area contributed by atoms with Crippen LogP contribution in [0.15, 0.2) is 6.20 Å². The smallest absolute Gasteiger partial charge is 0.0151 e. The first-order valence-corrected chi connectivity index (χ1v) is 4.03. The lowest BCUT2D eigenvalue weighted by atomic mass is 10.1. The van der Waals surface area contributed by atoms with Crippen LogP contribution < -0.4 is 5.32 Å². The van der Waals surface area contributed by atoms with E-state index in [0.717, 1.165) is 13.0 Å². The van der Waals surface area contributed by atoms with Gasteiger partial charge in [0.05, 0.1) is 0 Å². The fraction of sp³-hybridized carbons (Fsp3) is 0.556. The molecule has 0 unspecified atom stereocenters. The minimum Gasteiger partial charge on any atom is -0.365 e. The molecule has 0 aliphatic carbocycles. The van der Waals surface area contributed by atoms with Crippen LogP contribution >= 0.6 is 0 Å². The average Bonchev–Trinajstić information content (AvgIpc) is 2.29. The van der Waals surface area contributed by atoms with Crippen LogP contribution in [-0.4, -0.2) is 18.6 Å². The topological polar surface area (TPSA) is 27.8 Å². The molecule has 2 nitrogen and oxygen atoms in total. The molecule has 1 rings (SSSR count). The molecule has 0 spiro atoms. The number of hydrogen-bond donors (Lipinski definition) is 2. The first-order valence-electron chi connectivity index (χ1n) is 4.03. The first kappa shape index (κ1) is 8.34. The predicted octanol–water partition coefficient (Wildman–Crippen LogP) is 1.39. The standard InChI is InChI=1S/C9H16N2/c1-7-6-11-8(2)9(7)4-5-10-3/h6,10-11H,4-5H2,1-3H3. The fourth-order valence-corrected chi connectivity index (χ4v) is 1.32. The lowest BCUT2D eigenvalue weighted by Gasteiger charge is -2.00. The van der Waals surface area contributed by atoms with Crippen LogP contribution in [0.2, 0.25) is 0 Å². The van der Waals surface area contributed by atoms with Gasteiger partial charge in [0.1, 0.15) is 0 Å². The summed E-state index contributed by atoms with van der Waals surface area (Å²) < 4.78 is 0. The summed E-state index contributed by atoms with van der Waals surface area (Å²) >= 11 is 0. The van der Waals surface area contributed by atoms with E-state index >= 15 is 0 Å². The molecule has 0 fully saturated rings. The van der Waals surface area contributed by atoms with Gasteiger partial charge in [0.25, 0.3) is 0 Å². The van der Waals surface area contributed by atoms with Crippen molar-refractivity contribution in [3.63, 3.8) is 0 Å². The molecule has 0 amide bonds. The zero-order valence-corrected chi connectivity index (χ0v) is 7.49. The fourth-order valence-electron chi connectivity index (χ4n) is 1.32. The lowest BCUT2D eigenvalue weighted by molar-refractivity contribution is 0.786. The molecule has 0 bridgehead atoms. The molecule has 2 heteroatoms. The molecule has 0 saturated heterocycles. The van der Waals surface area contributed by atoms with Crippen LogP contribution in [0, 0.1) is 13.8 Å². The van der Waals surface area contributed by atoms with Crippen LogP contribution in [-0.2, 0) is 6.42 Å². The van der Waals surface area contributed by atoms with Crippen LogP contribution in [0.1, 0.15) is 16.8 Å². The van der Waals surface area contributed by atoms with Gasteiger partial charge < -0.3 is 10.3 Å². The van der Waals surface area contributed by atoms with Gasteiger partial charge in [-0.3, -0.25) is 0 Å². The van der Waals surface area contributed by atoms with Gasteiger partial charge in [-0.1, -0.05) is 0 Å². The van der Waals surface area contributed by atoms with Gasteiger partial charge in [0.15, 0.2) is 0 Å². The Morgan fingerprint density at radius 1 is 1.45 bits per heavy atom. The summed E-state index contributed by atoms with van der Waals surface area (Å²) in [5.74, 6) is 0. The van der Waals surface area contributed by atoms with Gasteiger partial charge in [0.2, 0.25) is 0 Å². The summed E-state index contributed by atoms with van der Waals surface area (Å²) in [5, 5.41) is 3.15. The molecule has 0 aliphatic heterocycles. The molecule has 0 aromatic carbocycles. The van der Waals surface area contributed by atoms with Crippen molar-refractivity contribution < 1.29 is 0 Å². The Morgan fingerprint density at radius 2 is 2.18 bits per heavy atom. The Bertz CT molecular complexity index is 206. The summed E-state index contributed by atoms with van der Waals surface area (Å²) in [4.78, 5) is 3.22. The molecule has 2 N–H and O–H groups in total. The van der Waals surface area contributed by atoms with Gasteiger partial charge in [0, 0.05) is 11.9 Å². The Morgan fingerprint density at radius 3 is 2.64 bits per heavy atom. The number of aromatic amines is 1. The maximum absolute atomic E-state index is 3.22. The predicted molar refractivity (Wildman–Crippen MR) is 47.9 cm³/mol. The third-order valence-electron chi connectivity index (χ3n) is 2.06. The molecular weight excluding hydrogens is 136 g/mol. The van der Waals surface area contributed by atoms with E-state index in [0.29, 0.717) is 0 Å². The maximum atomic E-state index is 3.22. The van der Waals surface area contributed by atoms with Crippen molar-refractivity contribution in [2.24, 2.45) is 0 Å². The highest BCUT2D eigenvalue weighted by atomic mass is 14.8. The highest BCUT2D eigenvalue weighted by Gasteiger charge is 2.01. The molecule has 1 aromatic rings. The van der Waals surface area contributed by atoms with Crippen molar-refractivity contribution in [1.29, 1.82) is 0 Å². The van der Waals surface area contributed by atoms with Gasteiger partial charge in [-0.15, -0.1) is 0 Å². The van der Waals surface area contributed by atoms with E-state index in [9.17, 15) is 0 Å². The minimum atomic E-state index is 1.06. The van der Waals surface area contributed by atoms with E-state index in [1.165, 1.54) is 16.8 Å². The second-order valence-electron chi connectivity index (χ2n) is 2.93. The van der Waals surface area contributed by atoms with Gasteiger partial charge in [-0.05, 0) is 45.0 Å². The van der Waals surface area contributed by atoms with E-state index in [4.69, 9.17) is 0 Å². The van der Waals surface area contributed by atoms with Crippen LogP contribution in [0.25, 0.3) is 0 Å². The highest BCUT2D eigenvalue weighted by molar-refractivity contribution is 5.29. The number of aryl methyl sites for hydroxylation is 2. The van der Waals surface area contributed by atoms with Crippen LogP contribution in [0.4, 0.5) is 0 Å². The first-order chi connectivity index (χ1) is 5.25. The molecule has 62 valence electrons. The van der Waals surface area contributed by atoms with E-state index in [1.807, 2.05) is 7.05 Å².